The normalized spacial score (nSPS) is 17.0. The molecule has 4 nitrogen and oxygen atoms in total. The van der Waals surface area contributed by atoms with Crippen molar-refractivity contribution in [2.75, 3.05) is 0 Å². The molecule has 2 unspecified atom stereocenters. The summed E-state index contributed by atoms with van der Waals surface area (Å²) in [6.45, 7) is 16.5. The van der Waals surface area contributed by atoms with Gasteiger partial charge >= 0.3 is 11.6 Å². The molecular weight excluding hydrogens is 420 g/mol. The average Bonchev–Trinajstić information content (AvgIpc) is 3.17. The number of aryl methyl sites for hydroxylation is 6. The van der Waals surface area contributed by atoms with E-state index in [1.807, 2.05) is 30.6 Å². The van der Waals surface area contributed by atoms with E-state index in [4.69, 9.17) is 4.74 Å². The molecule has 0 spiro atoms. The van der Waals surface area contributed by atoms with Crippen molar-refractivity contribution in [3.05, 3.63) is 113 Å². The molecule has 34 heavy (non-hydrogen) atoms. The van der Waals surface area contributed by atoms with Crippen LogP contribution in [0.2, 0.25) is 0 Å². The summed E-state index contributed by atoms with van der Waals surface area (Å²) in [6, 6.07) is 8.70. The van der Waals surface area contributed by atoms with Gasteiger partial charge in [0.25, 0.3) is 0 Å². The molecule has 1 aliphatic rings. The molecule has 176 valence electrons. The summed E-state index contributed by atoms with van der Waals surface area (Å²) in [7, 11) is 0. The minimum atomic E-state index is -1.64. The Balaban J connectivity index is 2.09. The Labute approximate surface area is 203 Å². The van der Waals surface area contributed by atoms with Gasteiger partial charge in [-0.05, 0) is 70.2 Å². The second-order valence-corrected chi connectivity index (χ2v) is 9.49. The van der Waals surface area contributed by atoms with Crippen LogP contribution in [-0.2, 0) is 10.5 Å². The van der Waals surface area contributed by atoms with Crippen molar-refractivity contribution in [1.29, 1.82) is 0 Å². The lowest BCUT2D eigenvalue weighted by Gasteiger charge is -2.32. The van der Waals surface area contributed by atoms with Crippen LogP contribution in [-0.4, -0.2) is 9.67 Å². The van der Waals surface area contributed by atoms with Crippen LogP contribution in [0.4, 0.5) is 0 Å². The molecule has 0 fully saturated rings. The fourth-order valence-corrected chi connectivity index (χ4v) is 5.51. The van der Waals surface area contributed by atoms with Crippen LogP contribution in [0.1, 0.15) is 45.6 Å². The first-order valence-corrected chi connectivity index (χ1v) is 11.8. The van der Waals surface area contributed by atoms with E-state index in [1.54, 1.807) is 0 Å². The summed E-state index contributed by atoms with van der Waals surface area (Å²) in [5, 5.41) is 12.3. The lowest BCUT2D eigenvalue weighted by molar-refractivity contribution is -0.621. The zero-order chi connectivity index (χ0) is 24.6. The first kappa shape index (κ1) is 23.8. The third-order valence-electron chi connectivity index (χ3n) is 6.64. The summed E-state index contributed by atoms with van der Waals surface area (Å²) in [6.07, 6.45) is 14.1. The van der Waals surface area contributed by atoms with E-state index in [2.05, 4.69) is 87.6 Å². The molecular formula is C30H35N2O2+. The summed E-state index contributed by atoms with van der Waals surface area (Å²) in [5.74, 6) is -1.28. The van der Waals surface area contributed by atoms with Crippen molar-refractivity contribution in [2.24, 2.45) is 5.92 Å². The first-order valence-electron chi connectivity index (χ1n) is 11.8. The molecule has 1 N–H and O–H groups in total. The minimum absolute atomic E-state index is 0.285. The van der Waals surface area contributed by atoms with Crippen LogP contribution >= 0.6 is 0 Å². The summed E-state index contributed by atoms with van der Waals surface area (Å²) >= 11 is 0. The largest absolute Gasteiger partial charge is 0.459 e. The highest BCUT2D eigenvalue weighted by atomic mass is 16.6. The highest BCUT2D eigenvalue weighted by Crippen LogP contribution is 2.38. The smallest absolute Gasteiger partial charge is 0.341 e. The molecule has 1 aromatic heterocycles. The van der Waals surface area contributed by atoms with E-state index in [0.717, 1.165) is 33.6 Å². The lowest BCUT2D eigenvalue weighted by Crippen LogP contribution is -2.49. The highest BCUT2D eigenvalue weighted by molar-refractivity contribution is 5.50. The molecule has 0 aliphatic heterocycles. The number of ether oxygens (including phenoxy) is 1. The zero-order valence-electron chi connectivity index (χ0n) is 21.1. The molecule has 0 bridgehead atoms. The second-order valence-electron chi connectivity index (χ2n) is 9.49. The predicted molar refractivity (Wildman–Crippen MR) is 137 cm³/mol. The average molecular weight is 456 g/mol. The Bertz CT molecular complexity index is 1190. The molecule has 0 amide bonds. The van der Waals surface area contributed by atoms with Gasteiger partial charge in [-0.2, -0.15) is 9.13 Å². The Morgan fingerprint density at radius 2 is 1.56 bits per heavy atom. The number of nitrogens with zero attached hydrogens (tertiary/aromatic N) is 2. The molecule has 4 rings (SSSR count). The van der Waals surface area contributed by atoms with Gasteiger partial charge in [0.2, 0.25) is 0 Å². The van der Waals surface area contributed by atoms with Crippen LogP contribution in [0.5, 0.6) is 0 Å². The van der Waals surface area contributed by atoms with Crippen LogP contribution in [0, 0.1) is 47.5 Å². The van der Waals surface area contributed by atoms with Gasteiger partial charge in [0.05, 0.1) is 12.2 Å². The molecule has 1 heterocycles. The van der Waals surface area contributed by atoms with Crippen LogP contribution < -0.4 is 4.57 Å². The number of rotatable bonds is 6. The Hall–Kier alpha value is -3.37. The Morgan fingerprint density at radius 3 is 2.09 bits per heavy atom. The van der Waals surface area contributed by atoms with Gasteiger partial charge in [0.15, 0.2) is 0 Å². The zero-order valence-corrected chi connectivity index (χ0v) is 21.1. The van der Waals surface area contributed by atoms with Crippen molar-refractivity contribution >= 4 is 0 Å². The van der Waals surface area contributed by atoms with Crippen molar-refractivity contribution < 1.29 is 14.4 Å². The Morgan fingerprint density at radius 1 is 0.971 bits per heavy atom. The number of allylic oxidation sites excluding steroid dienone is 3. The van der Waals surface area contributed by atoms with E-state index >= 15 is 0 Å². The van der Waals surface area contributed by atoms with Gasteiger partial charge < -0.3 is 9.84 Å². The van der Waals surface area contributed by atoms with Crippen molar-refractivity contribution in [3.63, 3.8) is 0 Å². The van der Waals surface area contributed by atoms with Crippen molar-refractivity contribution in [3.8, 4) is 11.4 Å². The van der Waals surface area contributed by atoms with E-state index in [9.17, 15) is 5.11 Å². The van der Waals surface area contributed by atoms with E-state index in [-0.39, 0.29) is 5.92 Å². The summed E-state index contributed by atoms with van der Waals surface area (Å²) < 4.78 is 10.2. The maximum Gasteiger partial charge on any atom is 0.341 e. The van der Waals surface area contributed by atoms with E-state index < -0.39 is 5.79 Å². The van der Waals surface area contributed by atoms with Gasteiger partial charge in [-0.15, -0.1) is 0 Å². The quantitative estimate of drug-likeness (QED) is 0.279. The van der Waals surface area contributed by atoms with E-state index in [1.165, 1.54) is 17.4 Å². The van der Waals surface area contributed by atoms with Crippen LogP contribution in [0.3, 0.4) is 0 Å². The number of aromatic nitrogens is 2. The maximum atomic E-state index is 12.3. The molecule has 0 radical (unpaired) electrons. The lowest BCUT2D eigenvalue weighted by atomic mass is 9.90. The van der Waals surface area contributed by atoms with Gasteiger partial charge in [-0.25, -0.2) is 0 Å². The molecule has 0 saturated heterocycles. The van der Waals surface area contributed by atoms with E-state index in [0.29, 0.717) is 12.2 Å². The predicted octanol–water partition coefficient (Wildman–Crippen LogP) is 6.04. The van der Waals surface area contributed by atoms with Gasteiger partial charge in [-0.3, -0.25) is 0 Å². The standard InChI is InChI=1S/C30H35N2O2/c1-8-34-30(33,26-12-10-9-11-13-26)29-31(27-22(4)16-20(2)17-23(27)5)14-15-32(29)28-24(6)18-21(3)19-25(28)7/h8-12,14-19,26,33H,1,13H2,2-7H3/q+1. The van der Waals surface area contributed by atoms with Gasteiger partial charge in [0, 0.05) is 0 Å². The van der Waals surface area contributed by atoms with Gasteiger partial charge in [0.1, 0.15) is 23.8 Å². The summed E-state index contributed by atoms with van der Waals surface area (Å²) in [4.78, 5) is 0. The summed E-state index contributed by atoms with van der Waals surface area (Å²) in [5.41, 5.74) is 9.06. The monoisotopic (exact) mass is 455 g/mol. The highest BCUT2D eigenvalue weighted by Gasteiger charge is 2.50. The number of hydrogen-bond donors (Lipinski definition) is 1. The van der Waals surface area contributed by atoms with Crippen molar-refractivity contribution in [2.45, 2.75) is 53.8 Å². The molecule has 2 aromatic carbocycles. The minimum Gasteiger partial charge on any atom is -0.459 e. The Kier molecular flexibility index (Phi) is 6.37. The molecule has 3 aromatic rings. The SMILES string of the molecule is C=COC(O)(c1n(-c2c(C)cc(C)cc2C)cc[n+]1-c1c(C)cc(C)cc1C)C1C=CC=CC1. The van der Waals surface area contributed by atoms with Crippen LogP contribution in [0.15, 0.2) is 73.8 Å². The second kappa shape index (κ2) is 9.11. The molecule has 2 atom stereocenters. The molecule has 0 saturated carbocycles. The topological polar surface area (TPSA) is 38.3 Å². The first-order chi connectivity index (χ1) is 16.2. The molecule has 4 heteroatoms. The third kappa shape index (κ3) is 4.03. The number of benzene rings is 2. The number of hydrogen-bond acceptors (Lipinski definition) is 2. The number of aliphatic hydroxyl groups is 1. The fourth-order valence-electron chi connectivity index (χ4n) is 5.51. The number of imidazole rings is 1. The maximum absolute atomic E-state index is 12.3. The third-order valence-corrected chi connectivity index (χ3v) is 6.64. The van der Waals surface area contributed by atoms with Crippen molar-refractivity contribution in [1.82, 2.24) is 4.57 Å². The van der Waals surface area contributed by atoms with Crippen LogP contribution in [0.25, 0.3) is 11.4 Å². The van der Waals surface area contributed by atoms with Gasteiger partial charge in [-0.1, -0.05) is 66.3 Å². The molecule has 1 aliphatic carbocycles. The fraction of sp³-hybridized carbons (Fsp3) is 0.300.